The zero-order valence-corrected chi connectivity index (χ0v) is 10.9. The summed E-state index contributed by atoms with van der Waals surface area (Å²) in [6.07, 6.45) is 2.18. The molecule has 2 heterocycles. The monoisotopic (exact) mass is 260 g/mol. The van der Waals surface area contributed by atoms with Crippen LogP contribution in [-0.4, -0.2) is 6.61 Å². The number of thiophene rings is 1. The number of benzene rings is 1. The molecule has 0 fully saturated rings. The van der Waals surface area contributed by atoms with Gasteiger partial charge in [-0.15, -0.1) is 0 Å². The Kier molecular flexibility index (Phi) is 3.32. The zero-order chi connectivity index (χ0) is 12.4. The highest BCUT2D eigenvalue weighted by molar-refractivity contribution is 7.08. The molecule has 0 saturated carbocycles. The number of hydrazine groups is 1. The molecule has 3 N–H and O–H groups in total. The van der Waals surface area contributed by atoms with Crippen LogP contribution in [0.3, 0.4) is 0 Å². The van der Waals surface area contributed by atoms with Crippen LogP contribution in [0.15, 0.2) is 35.0 Å². The molecule has 1 aliphatic heterocycles. The molecule has 0 spiro atoms. The van der Waals surface area contributed by atoms with Crippen molar-refractivity contribution < 1.29 is 4.74 Å². The van der Waals surface area contributed by atoms with Crippen LogP contribution in [0.4, 0.5) is 0 Å². The van der Waals surface area contributed by atoms with Crippen molar-refractivity contribution in [2.24, 2.45) is 5.84 Å². The van der Waals surface area contributed by atoms with Crippen LogP contribution in [0.1, 0.15) is 29.2 Å². The Bertz CT molecular complexity index is 525. The van der Waals surface area contributed by atoms with Gasteiger partial charge >= 0.3 is 0 Å². The lowest BCUT2D eigenvalue weighted by molar-refractivity contribution is 0.283. The lowest BCUT2D eigenvalue weighted by atomic mass is 9.95. The van der Waals surface area contributed by atoms with Crippen LogP contribution < -0.4 is 16.0 Å². The Morgan fingerprint density at radius 2 is 2.28 bits per heavy atom. The third-order valence-corrected chi connectivity index (χ3v) is 4.02. The van der Waals surface area contributed by atoms with Gasteiger partial charge in [0.05, 0.1) is 12.6 Å². The number of aryl methyl sites for hydroxylation is 1. The van der Waals surface area contributed by atoms with Crippen molar-refractivity contribution in [1.29, 1.82) is 0 Å². The summed E-state index contributed by atoms with van der Waals surface area (Å²) >= 11 is 1.68. The first-order valence-corrected chi connectivity index (χ1v) is 7.07. The van der Waals surface area contributed by atoms with Crippen molar-refractivity contribution in [3.05, 3.63) is 51.7 Å². The van der Waals surface area contributed by atoms with Crippen LogP contribution in [0.5, 0.6) is 5.75 Å². The van der Waals surface area contributed by atoms with Gasteiger partial charge in [-0.1, -0.05) is 18.2 Å². The molecule has 18 heavy (non-hydrogen) atoms. The number of ether oxygens (including phenoxy) is 1. The molecule has 3 rings (SSSR count). The van der Waals surface area contributed by atoms with E-state index in [0.717, 1.165) is 30.8 Å². The third-order valence-electron chi connectivity index (χ3n) is 3.32. The highest BCUT2D eigenvalue weighted by atomic mass is 32.1. The van der Waals surface area contributed by atoms with Crippen molar-refractivity contribution in [1.82, 2.24) is 5.43 Å². The minimum Gasteiger partial charge on any atom is -0.493 e. The van der Waals surface area contributed by atoms with Gasteiger partial charge in [-0.3, -0.25) is 5.84 Å². The van der Waals surface area contributed by atoms with Crippen molar-refractivity contribution >= 4 is 11.3 Å². The van der Waals surface area contributed by atoms with Crippen molar-refractivity contribution in [2.75, 3.05) is 6.61 Å². The summed E-state index contributed by atoms with van der Waals surface area (Å²) in [7, 11) is 0. The number of nitrogens with two attached hydrogens (primary N) is 1. The average Bonchev–Trinajstić information content (AvgIpc) is 2.94. The molecular weight excluding hydrogens is 244 g/mol. The van der Waals surface area contributed by atoms with Crippen LogP contribution in [-0.2, 0) is 6.42 Å². The number of rotatable bonds is 3. The van der Waals surface area contributed by atoms with Gasteiger partial charge in [0, 0.05) is 5.56 Å². The molecule has 4 heteroatoms. The van der Waals surface area contributed by atoms with Crippen LogP contribution in [0, 0.1) is 0 Å². The third kappa shape index (κ3) is 2.03. The van der Waals surface area contributed by atoms with Gasteiger partial charge < -0.3 is 4.74 Å². The quantitative estimate of drug-likeness (QED) is 0.659. The van der Waals surface area contributed by atoms with Gasteiger partial charge in [0.2, 0.25) is 0 Å². The summed E-state index contributed by atoms with van der Waals surface area (Å²) in [5.41, 5.74) is 6.50. The van der Waals surface area contributed by atoms with E-state index in [1.807, 2.05) is 0 Å². The lowest BCUT2D eigenvalue weighted by Gasteiger charge is -2.24. The predicted molar refractivity (Wildman–Crippen MR) is 73.7 cm³/mol. The molecule has 0 radical (unpaired) electrons. The Morgan fingerprint density at radius 3 is 3.06 bits per heavy atom. The Labute approximate surface area is 111 Å². The largest absolute Gasteiger partial charge is 0.493 e. The molecule has 94 valence electrons. The summed E-state index contributed by atoms with van der Waals surface area (Å²) in [5.74, 6) is 6.74. The lowest BCUT2D eigenvalue weighted by Crippen LogP contribution is -2.29. The Balaban J connectivity index is 2.05. The first-order valence-electron chi connectivity index (χ1n) is 6.13. The smallest absolute Gasteiger partial charge is 0.127 e. The van der Waals surface area contributed by atoms with E-state index >= 15 is 0 Å². The minimum absolute atomic E-state index is 0.00398. The molecule has 1 atom stereocenters. The molecular formula is C14H16N2OS. The molecule has 0 amide bonds. The van der Waals surface area contributed by atoms with E-state index in [1.165, 1.54) is 11.1 Å². The Hall–Kier alpha value is -1.36. The minimum atomic E-state index is 0.00398. The van der Waals surface area contributed by atoms with Crippen LogP contribution in [0.2, 0.25) is 0 Å². The van der Waals surface area contributed by atoms with Crippen molar-refractivity contribution in [2.45, 2.75) is 18.9 Å². The second kappa shape index (κ2) is 5.10. The first-order chi connectivity index (χ1) is 8.90. The molecule has 0 aliphatic carbocycles. The summed E-state index contributed by atoms with van der Waals surface area (Å²) in [5, 5.41) is 4.18. The summed E-state index contributed by atoms with van der Waals surface area (Å²) < 4.78 is 5.84. The molecule has 0 bridgehead atoms. The van der Waals surface area contributed by atoms with Crippen molar-refractivity contribution in [3.63, 3.8) is 0 Å². The fraction of sp³-hybridized carbons (Fsp3) is 0.286. The van der Waals surface area contributed by atoms with Gasteiger partial charge in [0.15, 0.2) is 0 Å². The number of hydrogen-bond donors (Lipinski definition) is 2. The molecule has 3 nitrogen and oxygen atoms in total. The molecule has 2 aromatic rings. The summed E-state index contributed by atoms with van der Waals surface area (Å²) in [4.78, 5) is 0. The molecule has 1 unspecified atom stereocenters. The second-order valence-electron chi connectivity index (χ2n) is 4.44. The SMILES string of the molecule is NNC(c1ccsc1)c1cccc2c1OCCC2. The number of nitrogens with one attached hydrogen (secondary N) is 1. The van der Waals surface area contributed by atoms with Gasteiger partial charge in [0.1, 0.15) is 5.75 Å². The zero-order valence-electron chi connectivity index (χ0n) is 10.1. The maximum absolute atomic E-state index is 5.84. The molecule has 0 saturated heterocycles. The topological polar surface area (TPSA) is 47.3 Å². The van der Waals surface area contributed by atoms with E-state index in [2.05, 4.69) is 40.5 Å². The molecule has 1 aliphatic rings. The van der Waals surface area contributed by atoms with E-state index in [9.17, 15) is 0 Å². The maximum Gasteiger partial charge on any atom is 0.127 e. The Morgan fingerprint density at radius 1 is 1.33 bits per heavy atom. The normalized spacial score (nSPS) is 15.8. The average molecular weight is 260 g/mol. The first kappa shape index (κ1) is 11.7. The second-order valence-corrected chi connectivity index (χ2v) is 5.22. The summed E-state index contributed by atoms with van der Waals surface area (Å²) in [6, 6.07) is 8.41. The van der Waals surface area contributed by atoms with Gasteiger partial charge in [0.25, 0.3) is 0 Å². The highest BCUT2D eigenvalue weighted by Crippen LogP contribution is 2.35. The predicted octanol–water partition coefficient (Wildman–Crippen LogP) is 2.63. The van der Waals surface area contributed by atoms with Gasteiger partial charge in [-0.25, -0.2) is 5.43 Å². The number of fused-ring (bicyclic) bond motifs is 1. The fourth-order valence-corrected chi connectivity index (χ4v) is 3.13. The summed E-state index contributed by atoms with van der Waals surface area (Å²) in [6.45, 7) is 0.797. The standard InChI is InChI=1S/C14H16N2OS/c15-16-13(11-6-8-18-9-11)12-5-1-3-10-4-2-7-17-14(10)12/h1,3,5-6,8-9,13,16H,2,4,7,15H2. The molecule has 1 aromatic carbocycles. The molecule has 1 aromatic heterocycles. The van der Waals surface area contributed by atoms with Crippen LogP contribution in [0.25, 0.3) is 0 Å². The number of para-hydroxylation sites is 1. The van der Waals surface area contributed by atoms with Gasteiger partial charge in [-0.05, 0) is 40.8 Å². The van der Waals surface area contributed by atoms with Crippen LogP contribution >= 0.6 is 11.3 Å². The van der Waals surface area contributed by atoms with E-state index in [0.29, 0.717) is 0 Å². The maximum atomic E-state index is 5.84. The highest BCUT2D eigenvalue weighted by Gasteiger charge is 2.21. The fourth-order valence-electron chi connectivity index (χ4n) is 2.45. The van der Waals surface area contributed by atoms with E-state index in [-0.39, 0.29) is 6.04 Å². The van der Waals surface area contributed by atoms with E-state index < -0.39 is 0 Å². The van der Waals surface area contributed by atoms with Crippen molar-refractivity contribution in [3.8, 4) is 5.75 Å². The van der Waals surface area contributed by atoms with E-state index in [4.69, 9.17) is 10.6 Å². The number of hydrogen-bond acceptors (Lipinski definition) is 4. The van der Waals surface area contributed by atoms with Gasteiger partial charge in [-0.2, -0.15) is 11.3 Å². The van der Waals surface area contributed by atoms with E-state index in [1.54, 1.807) is 11.3 Å².